The average molecular weight is 442 g/mol. The highest BCUT2D eigenvalue weighted by Crippen LogP contribution is 2.22. The molecule has 5 rings (SSSR count). The molecule has 2 heterocycles. The second kappa shape index (κ2) is 9.57. The molecule has 1 fully saturated rings. The number of pyridine rings is 1. The zero-order chi connectivity index (χ0) is 22.6. The predicted molar refractivity (Wildman–Crippen MR) is 130 cm³/mol. The lowest BCUT2D eigenvalue weighted by Gasteiger charge is -2.35. The van der Waals surface area contributed by atoms with Gasteiger partial charge in [0, 0.05) is 30.4 Å². The molecule has 3 aromatic carbocycles. The summed E-state index contributed by atoms with van der Waals surface area (Å²) in [6.45, 7) is 3.74. The van der Waals surface area contributed by atoms with Crippen molar-refractivity contribution < 1.29 is 9.53 Å². The number of ether oxygens (including phenoxy) is 1. The van der Waals surface area contributed by atoms with Crippen LogP contribution in [-0.2, 0) is 16.1 Å². The summed E-state index contributed by atoms with van der Waals surface area (Å²) in [5, 5.41) is 4.40. The maximum absolute atomic E-state index is 13.2. The Bertz CT molecular complexity index is 1270. The molecule has 6 nitrogen and oxygen atoms in total. The summed E-state index contributed by atoms with van der Waals surface area (Å²) in [4.78, 5) is 28.5. The summed E-state index contributed by atoms with van der Waals surface area (Å²) in [7, 11) is 0. The van der Waals surface area contributed by atoms with Crippen LogP contribution in [0.2, 0.25) is 0 Å². The van der Waals surface area contributed by atoms with E-state index < -0.39 is 0 Å². The van der Waals surface area contributed by atoms with E-state index in [2.05, 4.69) is 22.3 Å². The first-order valence-corrected chi connectivity index (χ1v) is 11.4. The molecule has 1 atom stereocenters. The maximum Gasteiger partial charge on any atom is 0.240 e. The first-order chi connectivity index (χ1) is 16.2. The van der Waals surface area contributed by atoms with E-state index in [-0.39, 0.29) is 23.9 Å². The SMILES string of the molecule is O=C(Cn1c2ccccc2c(=O)c2ccccc21)NCC(c1ccccc1)N1CCOCC1. The molecule has 0 aliphatic carbocycles. The third-order valence-electron chi connectivity index (χ3n) is 6.34. The molecule has 33 heavy (non-hydrogen) atoms. The van der Waals surface area contributed by atoms with Crippen molar-refractivity contribution in [1.29, 1.82) is 0 Å². The van der Waals surface area contributed by atoms with E-state index in [0.717, 1.165) is 24.1 Å². The van der Waals surface area contributed by atoms with Gasteiger partial charge in [0.15, 0.2) is 5.43 Å². The Labute approximate surface area is 192 Å². The standard InChI is InChI=1S/C27H27N3O3/c31-26(28-18-25(20-8-2-1-3-9-20)29-14-16-33-17-15-29)19-30-23-12-6-4-10-21(23)27(32)22-11-5-7-13-24(22)30/h1-13,25H,14-19H2,(H,28,31). The number of nitrogens with zero attached hydrogens (tertiary/aromatic N) is 2. The number of aromatic nitrogens is 1. The first-order valence-electron chi connectivity index (χ1n) is 11.4. The Hall–Kier alpha value is -3.48. The number of hydrogen-bond acceptors (Lipinski definition) is 4. The van der Waals surface area contributed by atoms with Gasteiger partial charge in [0.2, 0.25) is 5.91 Å². The quantitative estimate of drug-likeness (QED) is 0.466. The highest BCUT2D eigenvalue weighted by molar-refractivity contribution is 5.94. The molecule has 168 valence electrons. The highest BCUT2D eigenvalue weighted by atomic mass is 16.5. The topological polar surface area (TPSA) is 63.6 Å². The molecule has 1 amide bonds. The van der Waals surface area contributed by atoms with Gasteiger partial charge in [0.25, 0.3) is 0 Å². The second-order valence-corrected chi connectivity index (χ2v) is 8.33. The summed E-state index contributed by atoms with van der Waals surface area (Å²) in [5.74, 6) is -0.0804. The van der Waals surface area contributed by atoms with Crippen molar-refractivity contribution in [2.45, 2.75) is 12.6 Å². The fraction of sp³-hybridized carbons (Fsp3) is 0.259. The number of benzene rings is 3. The van der Waals surface area contributed by atoms with Gasteiger partial charge >= 0.3 is 0 Å². The number of carbonyl (C=O) groups is 1. The minimum Gasteiger partial charge on any atom is -0.379 e. The van der Waals surface area contributed by atoms with Crippen molar-refractivity contribution in [2.75, 3.05) is 32.8 Å². The van der Waals surface area contributed by atoms with Crippen LogP contribution < -0.4 is 10.7 Å². The highest BCUT2D eigenvalue weighted by Gasteiger charge is 2.23. The van der Waals surface area contributed by atoms with E-state index in [4.69, 9.17) is 4.74 Å². The minimum atomic E-state index is -0.0804. The molecule has 0 saturated carbocycles. The van der Waals surface area contributed by atoms with Gasteiger partial charge in [-0.2, -0.15) is 0 Å². The van der Waals surface area contributed by atoms with Gasteiger partial charge in [0.1, 0.15) is 6.54 Å². The van der Waals surface area contributed by atoms with E-state index in [0.29, 0.717) is 30.5 Å². The van der Waals surface area contributed by atoms with Gasteiger partial charge in [-0.25, -0.2) is 0 Å². The Morgan fingerprint density at radius 3 is 2.06 bits per heavy atom. The summed E-state index contributed by atoms with van der Waals surface area (Å²) in [6.07, 6.45) is 0. The number of fused-ring (bicyclic) bond motifs is 2. The zero-order valence-corrected chi connectivity index (χ0v) is 18.4. The number of rotatable bonds is 6. The minimum absolute atomic E-state index is 0.00526. The lowest BCUT2D eigenvalue weighted by Crippen LogP contribution is -2.44. The number of hydrogen-bond donors (Lipinski definition) is 1. The van der Waals surface area contributed by atoms with E-state index in [1.807, 2.05) is 71.3 Å². The lowest BCUT2D eigenvalue weighted by atomic mass is 10.0. The second-order valence-electron chi connectivity index (χ2n) is 8.33. The van der Waals surface area contributed by atoms with Crippen molar-refractivity contribution in [3.63, 3.8) is 0 Å². The van der Waals surface area contributed by atoms with Gasteiger partial charge in [-0.1, -0.05) is 54.6 Å². The molecular formula is C27H27N3O3. The molecule has 1 aliphatic rings. The molecule has 1 aromatic heterocycles. The molecule has 1 unspecified atom stereocenters. The van der Waals surface area contributed by atoms with Gasteiger partial charge in [-0.15, -0.1) is 0 Å². The monoisotopic (exact) mass is 441 g/mol. The normalized spacial score (nSPS) is 15.5. The largest absolute Gasteiger partial charge is 0.379 e. The smallest absolute Gasteiger partial charge is 0.240 e. The lowest BCUT2D eigenvalue weighted by molar-refractivity contribution is -0.121. The van der Waals surface area contributed by atoms with Crippen LogP contribution in [0.1, 0.15) is 11.6 Å². The molecule has 1 aliphatic heterocycles. The molecule has 1 saturated heterocycles. The number of amides is 1. The molecule has 0 bridgehead atoms. The number of carbonyl (C=O) groups excluding carboxylic acids is 1. The fourth-order valence-electron chi connectivity index (χ4n) is 4.68. The Morgan fingerprint density at radius 2 is 1.42 bits per heavy atom. The van der Waals surface area contributed by atoms with Gasteiger partial charge in [-0.3, -0.25) is 14.5 Å². The third-order valence-corrected chi connectivity index (χ3v) is 6.34. The van der Waals surface area contributed by atoms with Crippen molar-refractivity contribution in [3.8, 4) is 0 Å². The van der Waals surface area contributed by atoms with E-state index in [1.165, 1.54) is 5.56 Å². The van der Waals surface area contributed by atoms with Crippen LogP contribution in [0, 0.1) is 0 Å². The molecule has 0 spiro atoms. The number of nitrogens with one attached hydrogen (secondary N) is 1. The maximum atomic E-state index is 13.2. The van der Waals surface area contributed by atoms with Gasteiger partial charge in [0.05, 0.1) is 30.3 Å². The van der Waals surface area contributed by atoms with Crippen molar-refractivity contribution >= 4 is 27.7 Å². The van der Waals surface area contributed by atoms with E-state index >= 15 is 0 Å². The van der Waals surface area contributed by atoms with Crippen LogP contribution in [-0.4, -0.2) is 48.2 Å². The molecule has 1 N–H and O–H groups in total. The summed E-state index contributed by atoms with van der Waals surface area (Å²) >= 11 is 0. The van der Waals surface area contributed by atoms with Crippen molar-refractivity contribution in [3.05, 3.63) is 94.6 Å². The predicted octanol–water partition coefficient (Wildman–Crippen LogP) is 3.34. The van der Waals surface area contributed by atoms with Crippen LogP contribution in [0.4, 0.5) is 0 Å². The summed E-state index contributed by atoms with van der Waals surface area (Å²) in [5.41, 5.74) is 2.71. The summed E-state index contributed by atoms with van der Waals surface area (Å²) < 4.78 is 7.46. The van der Waals surface area contributed by atoms with E-state index in [1.54, 1.807) is 0 Å². The Balaban J connectivity index is 1.41. The Morgan fingerprint density at radius 1 is 0.848 bits per heavy atom. The zero-order valence-electron chi connectivity index (χ0n) is 18.4. The first kappa shape index (κ1) is 21.4. The number of morpholine rings is 1. The van der Waals surface area contributed by atoms with Gasteiger partial charge in [-0.05, 0) is 29.8 Å². The molecular weight excluding hydrogens is 414 g/mol. The molecule has 0 radical (unpaired) electrons. The van der Waals surface area contributed by atoms with Crippen LogP contribution in [0.15, 0.2) is 83.7 Å². The molecule has 6 heteroatoms. The van der Waals surface area contributed by atoms with E-state index in [9.17, 15) is 9.59 Å². The van der Waals surface area contributed by atoms with Crippen molar-refractivity contribution in [1.82, 2.24) is 14.8 Å². The third kappa shape index (κ3) is 4.40. The fourth-order valence-corrected chi connectivity index (χ4v) is 4.68. The van der Waals surface area contributed by atoms with Crippen molar-refractivity contribution in [2.24, 2.45) is 0 Å². The van der Waals surface area contributed by atoms with Gasteiger partial charge < -0.3 is 14.6 Å². The number of para-hydroxylation sites is 2. The average Bonchev–Trinajstić information content (AvgIpc) is 2.88. The van der Waals surface area contributed by atoms with Crippen LogP contribution in [0.5, 0.6) is 0 Å². The van der Waals surface area contributed by atoms with Crippen LogP contribution >= 0.6 is 0 Å². The molecule has 4 aromatic rings. The summed E-state index contributed by atoms with van der Waals surface area (Å²) in [6, 6.07) is 25.3. The Kier molecular flexibility index (Phi) is 6.19. The van der Waals surface area contributed by atoms with Crippen LogP contribution in [0.3, 0.4) is 0 Å². The van der Waals surface area contributed by atoms with Crippen LogP contribution in [0.25, 0.3) is 21.8 Å².